The fourth-order valence-electron chi connectivity index (χ4n) is 2.98. The number of hydrogen-bond acceptors (Lipinski definition) is 5. The maximum Gasteiger partial charge on any atom is 0.335 e. The SMILES string of the molecule is O=C(O)c1ccc(N2CCCCCC2)c(NS(=O)(=O)c2ccc(Br)s2)c1. The topological polar surface area (TPSA) is 86.7 Å². The van der Waals surface area contributed by atoms with Crippen LogP contribution in [0.2, 0.25) is 0 Å². The molecule has 0 spiro atoms. The zero-order chi connectivity index (χ0) is 18.7. The number of hydrogen-bond donors (Lipinski definition) is 2. The maximum absolute atomic E-state index is 12.7. The Hall–Kier alpha value is -1.58. The molecule has 0 unspecified atom stereocenters. The summed E-state index contributed by atoms with van der Waals surface area (Å²) in [5, 5.41) is 9.28. The number of thiophene rings is 1. The van der Waals surface area contributed by atoms with Gasteiger partial charge in [0.05, 0.1) is 20.7 Å². The van der Waals surface area contributed by atoms with Crippen LogP contribution < -0.4 is 9.62 Å². The van der Waals surface area contributed by atoms with Crippen molar-refractivity contribution in [3.8, 4) is 0 Å². The third-order valence-corrected chi connectivity index (χ3v) is 7.73. The molecule has 2 aromatic rings. The van der Waals surface area contributed by atoms with Crippen molar-refractivity contribution >= 4 is 54.6 Å². The van der Waals surface area contributed by atoms with Crippen molar-refractivity contribution < 1.29 is 18.3 Å². The summed E-state index contributed by atoms with van der Waals surface area (Å²) in [7, 11) is -3.79. The molecule has 3 rings (SSSR count). The molecule has 0 amide bonds. The molecule has 1 aliphatic rings. The molecule has 2 heterocycles. The summed E-state index contributed by atoms with van der Waals surface area (Å²) in [5.74, 6) is -1.09. The van der Waals surface area contributed by atoms with E-state index in [1.807, 2.05) is 0 Å². The van der Waals surface area contributed by atoms with Gasteiger partial charge in [0.15, 0.2) is 0 Å². The van der Waals surface area contributed by atoms with Crippen LogP contribution in [0.5, 0.6) is 0 Å². The van der Waals surface area contributed by atoms with Crippen molar-refractivity contribution in [2.45, 2.75) is 29.9 Å². The lowest BCUT2D eigenvalue weighted by atomic mass is 10.1. The average Bonchev–Trinajstić information content (AvgIpc) is 2.87. The lowest BCUT2D eigenvalue weighted by Crippen LogP contribution is -2.26. The van der Waals surface area contributed by atoms with E-state index in [0.29, 0.717) is 9.47 Å². The Morgan fingerprint density at radius 1 is 1.12 bits per heavy atom. The fourth-order valence-corrected chi connectivity index (χ4v) is 6.05. The number of benzene rings is 1. The van der Waals surface area contributed by atoms with Crippen molar-refractivity contribution in [3.63, 3.8) is 0 Å². The fraction of sp³-hybridized carbons (Fsp3) is 0.353. The van der Waals surface area contributed by atoms with Gasteiger partial charge in [-0.15, -0.1) is 11.3 Å². The van der Waals surface area contributed by atoms with E-state index in [9.17, 15) is 18.3 Å². The number of nitrogens with zero attached hydrogens (tertiary/aromatic N) is 1. The number of carbonyl (C=O) groups is 1. The predicted molar refractivity (Wildman–Crippen MR) is 107 cm³/mol. The van der Waals surface area contributed by atoms with Gasteiger partial charge in [0.25, 0.3) is 10.0 Å². The third-order valence-electron chi connectivity index (χ3n) is 4.25. The molecule has 1 saturated heterocycles. The van der Waals surface area contributed by atoms with Gasteiger partial charge in [0.1, 0.15) is 4.21 Å². The van der Waals surface area contributed by atoms with Gasteiger partial charge in [-0.1, -0.05) is 12.8 Å². The van der Waals surface area contributed by atoms with Crippen LogP contribution in [0.4, 0.5) is 11.4 Å². The lowest BCUT2D eigenvalue weighted by Gasteiger charge is -2.26. The van der Waals surface area contributed by atoms with Crippen LogP contribution in [0, 0.1) is 0 Å². The standard InChI is InChI=1S/C17H19BrN2O4S2/c18-15-7-8-16(25-15)26(23,24)19-13-11-12(17(21)22)5-6-14(13)20-9-3-1-2-4-10-20/h5-8,11,19H,1-4,9-10H2,(H,21,22). The average molecular weight is 459 g/mol. The molecule has 1 aliphatic heterocycles. The second kappa shape index (κ2) is 7.98. The van der Waals surface area contributed by atoms with Gasteiger partial charge >= 0.3 is 5.97 Å². The number of anilines is 2. The molecule has 140 valence electrons. The summed E-state index contributed by atoms with van der Waals surface area (Å²) < 4.78 is 28.9. The Labute approximate surface area is 165 Å². The van der Waals surface area contributed by atoms with Crippen LogP contribution in [0.3, 0.4) is 0 Å². The van der Waals surface area contributed by atoms with Crippen LogP contribution in [-0.2, 0) is 10.0 Å². The van der Waals surface area contributed by atoms with Crippen LogP contribution in [0.1, 0.15) is 36.0 Å². The van der Waals surface area contributed by atoms with Gasteiger partial charge < -0.3 is 10.0 Å². The Morgan fingerprint density at radius 3 is 2.38 bits per heavy atom. The largest absolute Gasteiger partial charge is 0.478 e. The monoisotopic (exact) mass is 458 g/mol. The van der Waals surface area contributed by atoms with Gasteiger partial charge in [0.2, 0.25) is 0 Å². The summed E-state index contributed by atoms with van der Waals surface area (Å²) in [6, 6.07) is 7.79. The van der Waals surface area contributed by atoms with E-state index in [2.05, 4.69) is 25.6 Å². The Kier molecular flexibility index (Phi) is 5.89. The first-order valence-electron chi connectivity index (χ1n) is 8.27. The van der Waals surface area contributed by atoms with Gasteiger partial charge in [-0.25, -0.2) is 13.2 Å². The smallest absolute Gasteiger partial charge is 0.335 e. The molecule has 1 fully saturated rings. The number of aromatic carboxylic acids is 1. The second-order valence-electron chi connectivity index (χ2n) is 6.10. The molecule has 0 radical (unpaired) electrons. The minimum atomic E-state index is -3.79. The van der Waals surface area contributed by atoms with Crippen LogP contribution >= 0.6 is 27.3 Å². The first-order chi connectivity index (χ1) is 12.4. The molecule has 0 bridgehead atoms. The molecular weight excluding hydrogens is 440 g/mol. The zero-order valence-electron chi connectivity index (χ0n) is 13.9. The first kappa shape index (κ1) is 19.2. The Morgan fingerprint density at radius 2 is 1.81 bits per heavy atom. The highest BCUT2D eigenvalue weighted by Crippen LogP contribution is 2.33. The summed E-state index contributed by atoms with van der Waals surface area (Å²) >= 11 is 4.37. The van der Waals surface area contributed by atoms with Crippen molar-refractivity contribution in [1.82, 2.24) is 0 Å². The maximum atomic E-state index is 12.7. The summed E-state index contributed by atoms with van der Waals surface area (Å²) in [4.78, 5) is 13.5. The number of rotatable bonds is 5. The highest BCUT2D eigenvalue weighted by molar-refractivity contribution is 9.11. The number of halogens is 1. The first-order valence-corrected chi connectivity index (χ1v) is 11.4. The highest BCUT2D eigenvalue weighted by Gasteiger charge is 2.22. The van der Waals surface area contributed by atoms with Crippen LogP contribution in [0.15, 0.2) is 38.3 Å². The minimum Gasteiger partial charge on any atom is -0.478 e. The molecule has 1 aromatic carbocycles. The van der Waals surface area contributed by atoms with Crippen LogP contribution in [-0.4, -0.2) is 32.6 Å². The van der Waals surface area contributed by atoms with E-state index >= 15 is 0 Å². The molecule has 1 aromatic heterocycles. The molecule has 0 saturated carbocycles. The molecule has 0 atom stereocenters. The van der Waals surface area contributed by atoms with Crippen molar-refractivity contribution in [2.75, 3.05) is 22.7 Å². The van der Waals surface area contributed by atoms with E-state index in [1.165, 1.54) is 18.2 Å². The van der Waals surface area contributed by atoms with Gasteiger partial charge in [-0.3, -0.25) is 4.72 Å². The highest BCUT2D eigenvalue weighted by atomic mass is 79.9. The Bertz CT molecular complexity index is 903. The molecule has 26 heavy (non-hydrogen) atoms. The third kappa shape index (κ3) is 4.39. The van der Waals surface area contributed by atoms with E-state index in [0.717, 1.165) is 55.8 Å². The molecular formula is C17H19BrN2O4S2. The van der Waals surface area contributed by atoms with Crippen molar-refractivity contribution in [3.05, 3.63) is 39.7 Å². The lowest BCUT2D eigenvalue weighted by molar-refractivity contribution is 0.0697. The Balaban J connectivity index is 1.99. The van der Waals surface area contributed by atoms with Crippen LogP contribution in [0.25, 0.3) is 0 Å². The quantitative estimate of drug-likeness (QED) is 0.693. The predicted octanol–water partition coefficient (Wildman–Crippen LogP) is 4.39. The van der Waals surface area contributed by atoms with E-state index in [1.54, 1.807) is 12.1 Å². The van der Waals surface area contributed by atoms with E-state index in [4.69, 9.17) is 0 Å². The molecule has 0 aliphatic carbocycles. The number of carboxylic acids is 1. The van der Waals surface area contributed by atoms with E-state index < -0.39 is 16.0 Å². The molecule has 9 heteroatoms. The number of sulfonamides is 1. The number of nitrogens with one attached hydrogen (secondary N) is 1. The van der Waals surface area contributed by atoms with Crippen molar-refractivity contribution in [2.24, 2.45) is 0 Å². The minimum absolute atomic E-state index is 0.0497. The molecule has 6 nitrogen and oxygen atoms in total. The normalized spacial score (nSPS) is 15.5. The van der Waals surface area contributed by atoms with Gasteiger partial charge in [-0.2, -0.15) is 0 Å². The number of carboxylic acid groups (broad SMARTS) is 1. The molecule has 2 N–H and O–H groups in total. The zero-order valence-corrected chi connectivity index (χ0v) is 17.2. The summed E-state index contributed by atoms with van der Waals surface area (Å²) in [5.41, 5.74) is 1.07. The van der Waals surface area contributed by atoms with Gasteiger partial charge in [0, 0.05) is 13.1 Å². The van der Waals surface area contributed by atoms with Crippen molar-refractivity contribution in [1.29, 1.82) is 0 Å². The summed E-state index contributed by atoms with van der Waals surface area (Å²) in [6.45, 7) is 1.65. The second-order valence-corrected chi connectivity index (χ2v) is 10.5. The van der Waals surface area contributed by atoms with E-state index in [-0.39, 0.29) is 9.77 Å². The van der Waals surface area contributed by atoms with Gasteiger partial charge in [-0.05, 0) is 59.1 Å². The summed E-state index contributed by atoms with van der Waals surface area (Å²) in [6.07, 6.45) is 4.36.